The van der Waals surface area contributed by atoms with E-state index in [1.165, 1.54) is 0 Å². The summed E-state index contributed by atoms with van der Waals surface area (Å²) >= 11 is 37.3. The summed E-state index contributed by atoms with van der Waals surface area (Å²) in [7, 11) is -2.60. The van der Waals surface area contributed by atoms with E-state index in [0.29, 0.717) is 42.2 Å². The number of hydrogen-bond acceptors (Lipinski definition) is 12. The Morgan fingerprint density at radius 1 is 0.877 bits per heavy atom. The Bertz CT molecular complexity index is 2310. The van der Waals surface area contributed by atoms with Crippen molar-refractivity contribution in [2.75, 3.05) is 26.4 Å². The lowest BCUT2D eigenvalue weighted by Crippen LogP contribution is -2.49. The molecule has 23 heteroatoms. The molecule has 3 aliphatic rings. The van der Waals surface area contributed by atoms with Gasteiger partial charge < -0.3 is 50.9 Å². The van der Waals surface area contributed by atoms with Gasteiger partial charge >= 0.3 is 13.4 Å². The number of ether oxygens (including phenoxy) is 2. The minimum absolute atomic E-state index is 0.0191. The smallest absolute Gasteiger partial charge is 0.327 e. The molecule has 0 amide bonds. The highest BCUT2D eigenvalue weighted by molar-refractivity contribution is 8.07. The lowest BCUT2D eigenvalue weighted by molar-refractivity contribution is -0.0599. The zero-order chi connectivity index (χ0) is 41.2. The van der Waals surface area contributed by atoms with Gasteiger partial charge in [-0.25, -0.2) is 16.5 Å². The lowest BCUT2D eigenvalue weighted by atomic mass is 10.0. The Labute approximate surface area is 361 Å². The van der Waals surface area contributed by atoms with Crippen LogP contribution < -0.4 is 0 Å². The van der Waals surface area contributed by atoms with Gasteiger partial charge in [0.2, 0.25) is 6.54 Å². The molecule has 3 fully saturated rings. The van der Waals surface area contributed by atoms with Gasteiger partial charge in [-0.3, -0.25) is 4.52 Å². The van der Waals surface area contributed by atoms with E-state index in [-0.39, 0.29) is 31.4 Å². The molecule has 0 aliphatic carbocycles. The number of imidazole rings is 2. The first-order valence-electron chi connectivity index (χ1n) is 17.9. The van der Waals surface area contributed by atoms with Gasteiger partial charge in [-0.2, -0.15) is 0 Å². The minimum Gasteiger partial charge on any atom is -0.407 e. The first-order chi connectivity index (χ1) is 26.7. The predicted octanol–water partition coefficient (Wildman–Crippen LogP) is 9.72. The van der Waals surface area contributed by atoms with E-state index in [9.17, 15) is 4.89 Å². The molecule has 10 atom stereocenters. The third-order valence-electron chi connectivity index (χ3n) is 10.7. The highest BCUT2D eigenvalue weighted by Crippen LogP contribution is 2.58. The molecule has 2 aromatic carbocycles. The molecule has 2 aromatic heterocycles. The van der Waals surface area contributed by atoms with E-state index in [1.807, 2.05) is 11.5 Å². The summed E-state index contributed by atoms with van der Waals surface area (Å²) < 4.78 is 55.8. The van der Waals surface area contributed by atoms with Crippen molar-refractivity contribution in [3.8, 4) is 0 Å². The van der Waals surface area contributed by atoms with Crippen LogP contribution >= 0.6 is 59.8 Å². The molecular weight excluding hydrogens is 918 g/mol. The topological polar surface area (TPSA) is 134 Å². The average molecular weight is 960 g/mol. The fourth-order valence-corrected chi connectivity index (χ4v) is 12.3. The first-order valence-corrected chi connectivity index (χ1v) is 27.5. The summed E-state index contributed by atoms with van der Waals surface area (Å²) in [4.78, 5) is 24.3. The van der Waals surface area contributed by atoms with Gasteiger partial charge in [0.25, 0.3) is 0 Å². The fourth-order valence-electron chi connectivity index (χ4n) is 6.75. The van der Waals surface area contributed by atoms with Crippen molar-refractivity contribution in [1.29, 1.82) is 0 Å². The number of aromatic nitrogens is 4. The second-order valence-electron chi connectivity index (χ2n) is 15.5. The highest BCUT2D eigenvalue weighted by Gasteiger charge is 2.55. The zero-order valence-corrected chi connectivity index (χ0v) is 39.0. The van der Waals surface area contributed by atoms with E-state index >= 15 is 0 Å². The summed E-state index contributed by atoms with van der Waals surface area (Å²) in [6, 6.07) is 6.74. The summed E-state index contributed by atoms with van der Waals surface area (Å²) in [6.07, 6.45) is -2.85. The Morgan fingerprint density at radius 2 is 1.40 bits per heavy atom. The third kappa shape index (κ3) is 9.07. The van der Waals surface area contributed by atoms with Gasteiger partial charge in [-0.05, 0) is 66.0 Å². The second-order valence-corrected chi connectivity index (χ2v) is 27.6. The molecule has 3 saturated heterocycles. The third-order valence-corrected chi connectivity index (χ3v) is 20.5. The molecule has 4 unspecified atom stereocenters. The molecule has 57 heavy (non-hydrogen) atoms. The number of hydrogen-bond donors (Lipinski definition) is 1. The standard InChI is InChI=1S/C34H41Cl4N5O9P2S2Si/c1-18-29-27(48-32(18)42-16-40-23-10-19(35)21(37)12-25(23)42)14-46-53(44,55)50-30-28(15-47-54(56,51-29)45-9-8-39-5)49-33(31(30)52-57(6,7)34(2,3)4)43-17-41-24-11-20(36)22(38)13-26(24)43/h10-13,16-18,27-33H,8-9,14-15H2,1-4,6-7H3,(H,44,55)/t18-,27+,28+,29?,30?,31-,32+,33+,53?,54?/m0/s1. The van der Waals surface area contributed by atoms with E-state index in [4.69, 9.17) is 113 Å². The molecule has 4 aromatic rings. The van der Waals surface area contributed by atoms with E-state index in [0.717, 1.165) is 0 Å². The number of rotatable bonds is 7. The van der Waals surface area contributed by atoms with Gasteiger partial charge in [-0.15, -0.1) is 0 Å². The van der Waals surface area contributed by atoms with Crippen molar-refractivity contribution < 1.29 is 41.4 Å². The van der Waals surface area contributed by atoms with Gasteiger partial charge in [0.15, 0.2) is 14.5 Å². The van der Waals surface area contributed by atoms with Crippen LogP contribution in [0.4, 0.5) is 0 Å². The fraction of sp³-hybridized carbons (Fsp3) is 0.559. The van der Waals surface area contributed by atoms with Crippen molar-refractivity contribution >= 4 is 114 Å². The van der Waals surface area contributed by atoms with E-state index in [1.54, 1.807) is 41.5 Å². The van der Waals surface area contributed by atoms with Crippen LogP contribution in [0.25, 0.3) is 26.9 Å². The maximum absolute atomic E-state index is 11.8. The van der Waals surface area contributed by atoms with Gasteiger partial charge in [-0.1, -0.05) is 74.1 Å². The molecule has 1 N–H and O–H groups in total. The molecule has 3 aliphatic heterocycles. The maximum atomic E-state index is 11.8. The number of nitrogens with zero attached hydrogens (tertiary/aromatic N) is 5. The van der Waals surface area contributed by atoms with Crippen molar-refractivity contribution in [2.45, 2.75) is 88.8 Å². The first kappa shape index (κ1) is 44.2. The van der Waals surface area contributed by atoms with Crippen molar-refractivity contribution in [1.82, 2.24) is 19.1 Å². The van der Waals surface area contributed by atoms with Crippen molar-refractivity contribution in [2.24, 2.45) is 5.92 Å². The second kappa shape index (κ2) is 16.8. The minimum atomic E-state index is -4.07. The molecular formula is C34H41Cl4N5O9P2S2Si. The van der Waals surface area contributed by atoms with Crippen LogP contribution in [0.5, 0.6) is 0 Å². The molecule has 7 rings (SSSR count). The van der Waals surface area contributed by atoms with Gasteiger partial charge in [0.05, 0.1) is 68.0 Å². The van der Waals surface area contributed by atoms with Crippen LogP contribution in [0, 0.1) is 12.5 Å². The van der Waals surface area contributed by atoms with Crippen LogP contribution in [0.2, 0.25) is 38.2 Å². The largest absolute Gasteiger partial charge is 0.407 e. The van der Waals surface area contributed by atoms with Crippen molar-refractivity contribution in [3.63, 3.8) is 0 Å². The Morgan fingerprint density at radius 3 is 1.98 bits per heavy atom. The molecule has 0 radical (unpaired) electrons. The molecule has 14 nitrogen and oxygen atoms in total. The molecule has 5 heterocycles. The van der Waals surface area contributed by atoms with Crippen LogP contribution in [-0.2, 0) is 60.1 Å². The maximum Gasteiger partial charge on any atom is 0.327 e. The quantitative estimate of drug-likeness (QED) is 0.0817. The molecule has 0 bridgehead atoms. The summed E-state index contributed by atoms with van der Waals surface area (Å²) in [6.45, 7) is 11.5. The van der Waals surface area contributed by atoms with Crippen molar-refractivity contribution in [3.05, 3.63) is 68.4 Å². The monoisotopic (exact) mass is 957 g/mol. The zero-order valence-electron chi connectivity index (χ0n) is 31.6. The molecule has 310 valence electrons. The SMILES string of the molecule is [C-]#[N+]CCOP1(=S)OC[C@H]2O[C@@H](n3cnc4cc(Cl)c(Cl)cc43)[C@@H](O[Si](C)(C)C(C)(C)C)C2OP(O)(=S)OC[C@H]2O[C@@H](n3cnc4cc(Cl)c(Cl)cc43)[C@@H](C)C2O1. The molecule has 0 saturated carbocycles. The Hall–Kier alpha value is -0.813. The van der Waals surface area contributed by atoms with Gasteiger partial charge in [0.1, 0.15) is 43.4 Å². The number of halogens is 4. The Kier molecular flexibility index (Phi) is 13.0. The van der Waals surface area contributed by atoms with E-state index < -0.39 is 70.6 Å². The Balaban J connectivity index is 1.27. The van der Waals surface area contributed by atoms with Crippen LogP contribution in [-0.4, -0.2) is 89.2 Å². The summed E-state index contributed by atoms with van der Waals surface area (Å²) in [5, 5.41) is 1.13. The van der Waals surface area contributed by atoms with Crippen LogP contribution in [0.15, 0.2) is 36.9 Å². The van der Waals surface area contributed by atoms with E-state index in [2.05, 4.69) is 48.7 Å². The number of fused-ring (bicyclic) bond motifs is 4. The lowest BCUT2D eigenvalue weighted by Gasteiger charge is -2.41. The predicted molar refractivity (Wildman–Crippen MR) is 228 cm³/mol. The number of benzene rings is 2. The summed E-state index contributed by atoms with van der Waals surface area (Å²) in [5.41, 5.74) is 2.47. The summed E-state index contributed by atoms with van der Waals surface area (Å²) in [5.74, 6) is -0.418. The van der Waals surface area contributed by atoms with Crippen LogP contribution in [0.3, 0.4) is 0 Å². The average Bonchev–Trinajstić information content (AvgIpc) is 3.87. The highest BCUT2D eigenvalue weighted by atomic mass is 35.5. The van der Waals surface area contributed by atoms with Crippen LogP contribution in [0.1, 0.15) is 40.2 Å². The normalized spacial score (nSPS) is 32.8. The van der Waals surface area contributed by atoms with Gasteiger partial charge in [0, 0.05) is 5.92 Å². The molecule has 0 spiro atoms.